The number of hydrogen-bond donors (Lipinski definition) is 2. The van der Waals surface area contributed by atoms with Gasteiger partial charge >= 0.3 is 0 Å². The molecule has 0 aliphatic carbocycles. The molecule has 0 radical (unpaired) electrons. The molecule has 1 heterocycles. The van der Waals surface area contributed by atoms with Crippen molar-refractivity contribution in [3.8, 4) is 0 Å². The quantitative estimate of drug-likeness (QED) is 0.888. The van der Waals surface area contributed by atoms with Gasteiger partial charge in [-0.25, -0.2) is 4.98 Å². The van der Waals surface area contributed by atoms with Gasteiger partial charge < -0.3 is 10.6 Å². The van der Waals surface area contributed by atoms with Crippen LogP contribution in [0.2, 0.25) is 0 Å². The maximum absolute atomic E-state index is 12.2. The van der Waals surface area contributed by atoms with E-state index in [1.807, 2.05) is 37.4 Å². The third kappa shape index (κ3) is 4.39. The largest absolute Gasteiger partial charge is 0.349 e. The Bertz CT molecular complexity index is 648. The van der Waals surface area contributed by atoms with Gasteiger partial charge in [0.2, 0.25) is 5.91 Å². The van der Waals surface area contributed by atoms with E-state index in [9.17, 15) is 9.59 Å². The lowest BCUT2D eigenvalue weighted by atomic mass is 10.1. The lowest BCUT2D eigenvalue weighted by Crippen LogP contribution is -2.44. The number of aromatic nitrogens is 1. The molecule has 0 fully saturated rings. The highest BCUT2D eigenvalue weighted by molar-refractivity contribution is 7.07. The molecular formula is C16H19N3O2S. The summed E-state index contributed by atoms with van der Waals surface area (Å²) in [7, 11) is 0. The predicted molar refractivity (Wildman–Crippen MR) is 86.8 cm³/mol. The van der Waals surface area contributed by atoms with E-state index in [-0.39, 0.29) is 11.8 Å². The number of aryl methyl sites for hydroxylation is 2. The minimum Gasteiger partial charge on any atom is -0.349 e. The number of amides is 2. The number of carbonyl (C=O) groups is 2. The summed E-state index contributed by atoms with van der Waals surface area (Å²) in [6.07, 6.45) is 0. The molecular weight excluding hydrogens is 298 g/mol. The molecule has 1 aromatic heterocycles. The smallest absolute Gasteiger partial charge is 0.251 e. The summed E-state index contributed by atoms with van der Waals surface area (Å²) in [4.78, 5) is 28.3. The van der Waals surface area contributed by atoms with Crippen LogP contribution in [0, 0.1) is 13.8 Å². The van der Waals surface area contributed by atoms with Crippen LogP contribution in [0.5, 0.6) is 0 Å². The molecule has 0 aliphatic rings. The van der Waals surface area contributed by atoms with E-state index in [0.29, 0.717) is 12.1 Å². The van der Waals surface area contributed by atoms with Crippen molar-refractivity contribution >= 4 is 23.2 Å². The van der Waals surface area contributed by atoms with Crippen molar-refractivity contribution < 1.29 is 9.59 Å². The van der Waals surface area contributed by atoms with Crippen LogP contribution in [0.15, 0.2) is 29.1 Å². The number of benzene rings is 1. The third-order valence-electron chi connectivity index (χ3n) is 3.15. The van der Waals surface area contributed by atoms with Crippen molar-refractivity contribution in [1.82, 2.24) is 15.6 Å². The average Bonchev–Trinajstić information content (AvgIpc) is 2.96. The van der Waals surface area contributed by atoms with Gasteiger partial charge in [-0.2, -0.15) is 0 Å². The van der Waals surface area contributed by atoms with Gasteiger partial charge in [0.25, 0.3) is 5.91 Å². The van der Waals surface area contributed by atoms with Crippen molar-refractivity contribution in [1.29, 1.82) is 0 Å². The number of hydrogen-bond acceptors (Lipinski definition) is 4. The predicted octanol–water partition coefficient (Wildman–Crippen LogP) is 2.19. The first kappa shape index (κ1) is 16.2. The van der Waals surface area contributed by atoms with Crippen LogP contribution >= 0.6 is 11.3 Å². The summed E-state index contributed by atoms with van der Waals surface area (Å²) in [6, 6.07) is 5.01. The number of thiazole rings is 1. The molecule has 0 unspecified atom stereocenters. The zero-order chi connectivity index (χ0) is 16.1. The Kier molecular flexibility index (Phi) is 5.27. The van der Waals surface area contributed by atoms with Crippen molar-refractivity contribution in [2.24, 2.45) is 0 Å². The fraction of sp³-hybridized carbons (Fsp3) is 0.312. The van der Waals surface area contributed by atoms with Crippen LogP contribution in [0.3, 0.4) is 0 Å². The summed E-state index contributed by atoms with van der Waals surface area (Å²) in [5.41, 5.74) is 5.13. The summed E-state index contributed by atoms with van der Waals surface area (Å²) in [6.45, 7) is 5.91. The summed E-state index contributed by atoms with van der Waals surface area (Å²) < 4.78 is 0. The van der Waals surface area contributed by atoms with Crippen LogP contribution < -0.4 is 10.6 Å². The van der Waals surface area contributed by atoms with Crippen LogP contribution in [-0.2, 0) is 11.3 Å². The molecule has 5 nitrogen and oxygen atoms in total. The molecule has 116 valence electrons. The Balaban J connectivity index is 1.91. The Morgan fingerprint density at radius 1 is 1.23 bits per heavy atom. The molecule has 1 atom stereocenters. The maximum Gasteiger partial charge on any atom is 0.251 e. The highest BCUT2D eigenvalue weighted by Crippen LogP contribution is 2.09. The molecule has 1 aromatic carbocycles. The number of carbonyl (C=O) groups excluding carboxylic acids is 2. The molecule has 6 heteroatoms. The average molecular weight is 317 g/mol. The lowest BCUT2D eigenvalue weighted by molar-refractivity contribution is -0.122. The van der Waals surface area contributed by atoms with Gasteiger partial charge in [-0.3, -0.25) is 9.59 Å². The van der Waals surface area contributed by atoms with Gasteiger partial charge in [0, 0.05) is 10.9 Å². The van der Waals surface area contributed by atoms with Crippen molar-refractivity contribution in [3.63, 3.8) is 0 Å². The number of nitrogens with zero attached hydrogens (tertiary/aromatic N) is 1. The summed E-state index contributed by atoms with van der Waals surface area (Å²) in [5.74, 6) is -0.478. The van der Waals surface area contributed by atoms with Crippen LogP contribution in [0.4, 0.5) is 0 Å². The molecule has 2 amide bonds. The highest BCUT2D eigenvalue weighted by atomic mass is 32.1. The van der Waals surface area contributed by atoms with Gasteiger partial charge in [0.15, 0.2) is 0 Å². The fourth-order valence-electron chi connectivity index (χ4n) is 2.11. The highest BCUT2D eigenvalue weighted by Gasteiger charge is 2.16. The topological polar surface area (TPSA) is 71.1 Å². The van der Waals surface area contributed by atoms with Crippen LogP contribution in [0.25, 0.3) is 0 Å². The molecule has 0 spiro atoms. The molecule has 2 aromatic rings. The third-order valence-corrected chi connectivity index (χ3v) is 3.79. The molecule has 2 rings (SSSR count). The summed E-state index contributed by atoms with van der Waals surface area (Å²) in [5, 5.41) is 7.34. The molecule has 0 saturated carbocycles. The van der Waals surface area contributed by atoms with Crippen molar-refractivity contribution in [2.75, 3.05) is 0 Å². The van der Waals surface area contributed by atoms with E-state index < -0.39 is 6.04 Å². The standard InChI is InChI=1S/C16H19N3O2S/c1-10-4-11(2)6-13(5-10)16(21)19-12(3)15(20)17-7-14-8-22-9-18-14/h4-6,8-9,12H,7H2,1-3H3,(H,17,20)(H,19,21)/t12-/m1/s1. The van der Waals surface area contributed by atoms with Crippen molar-refractivity contribution in [2.45, 2.75) is 33.4 Å². The second kappa shape index (κ2) is 7.17. The SMILES string of the molecule is Cc1cc(C)cc(C(=O)N[C@H](C)C(=O)NCc2cscn2)c1. The Morgan fingerprint density at radius 2 is 1.91 bits per heavy atom. The number of nitrogens with one attached hydrogen (secondary N) is 2. The van der Waals surface area contributed by atoms with E-state index in [1.54, 1.807) is 12.4 Å². The van der Waals surface area contributed by atoms with Gasteiger partial charge in [0.05, 0.1) is 17.7 Å². The Hall–Kier alpha value is -2.21. The van der Waals surface area contributed by atoms with Crippen LogP contribution in [-0.4, -0.2) is 22.8 Å². The second-order valence-electron chi connectivity index (χ2n) is 5.27. The fourth-order valence-corrected chi connectivity index (χ4v) is 2.67. The van der Waals surface area contributed by atoms with E-state index in [1.165, 1.54) is 11.3 Å². The summed E-state index contributed by atoms with van der Waals surface area (Å²) >= 11 is 1.48. The normalized spacial score (nSPS) is 11.8. The first-order valence-electron chi connectivity index (χ1n) is 6.99. The van der Waals surface area contributed by atoms with E-state index in [4.69, 9.17) is 0 Å². The lowest BCUT2D eigenvalue weighted by Gasteiger charge is -2.14. The molecule has 0 bridgehead atoms. The van der Waals surface area contributed by atoms with E-state index in [2.05, 4.69) is 15.6 Å². The van der Waals surface area contributed by atoms with Gasteiger partial charge in [-0.1, -0.05) is 17.2 Å². The molecule has 22 heavy (non-hydrogen) atoms. The number of rotatable bonds is 5. The van der Waals surface area contributed by atoms with Gasteiger partial charge in [-0.05, 0) is 32.9 Å². The minimum atomic E-state index is -0.605. The van der Waals surface area contributed by atoms with E-state index >= 15 is 0 Å². The van der Waals surface area contributed by atoms with E-state index in [0.717, 1.165) is 16.8 Å². The Morgan fingerprint density at radius 3 is 2.50 bits per heavy atom. The first-order valence-corrected chi connectivity index (χ1v) is 7.94. The zero-order valence-corrected chi connectivity index (χ0v) is 13.7. The van der Waals surface area contributed by atoms with Gasteiger partial charge in [-0.15, -0.1) is 11.3 Å². The monoisotopic (exact) mass is 317 g/mol. The maximum atomic E-state index is 12.2. The molecule has 2 N–H and O–H groups in total. The van der Waals surface area contributed by atoms with Crippen molar-refractivity contribution in [3.05, 3.63) is 51.5 Å². The Labute approximate surface area is 133 Å². The first-order chi connectivity index (χ1) is 10.5. The molecule has 0 aliphatic heterocycles. The van der Waals surface area contributed by atoms with Crippen LogP contribution in [0.1, 0.15) is 34.1 Å². The molecule has 0 saturated heterocycles. The van der Waals surface area contributed by atoms with Gasteiger partial charge in [0.1, 0.15) is 6.04 Å². The minimum absolute atomic E-state index is 0.231. The second-order valence-corrected chi connectivity index (χ2v) is 5.99. The zero-order valence-electron chi connectivity index (χ0n) is 12.8.